The highest BCUT2D eigenvalue weighted by molar-refractivity contribution is 6.01. The van der Waals surface area contributed by atoms with Crippen LogP contribution in [-0.4, -0.2) is 34.0 Å². The molecule has 0 radical (unpaired) electrons. The zero-order valence-electron chi connectivity index (χ0n) is 15.4. The summed E-state index contributed by atoms with van der Waals surface area (Å²) in [5.41, 5.74) is 2.61. The second-order valence-corrected chi connectivity index (χ2v) is 6.26. The zero-order chi connectivity index (χ0) is 20.2. The fourth-order valence-corrected chi connectivity index (χ4v) is 2.63. The maximum atomic E-state index is 12.7. The first-order chi connectivity index (χ1) is 13.6. The molecule has 1 heterocycles. The Hall–Kier alpha value is -3.26. The summed E-state index contributed by atoms with van der Waals surface area (Å²) in [6.07, 6.45) is 5.54. The molecular formula is C20H24N4O4. The minimum atomic E-state index is -0.723. The molecule has 0 unspecified atom stereocenters. The van der Waals surface area contributed by atoms with Crippen molar-refractivity contribution >= 4 is 23.4 Å². The predicted molar refractivity (Wildman–Crippen MR) is 104 cm³/mol. The lowest BCUT2D eigenvalue weighted by Crippen LogP contribution is -2.43. The molecule has 1 aromatic heterocycles. The Morgan fingerprint density at radius 1 is 1.00 bits per heavy atom. The number of para-hydroxylation sites is 1. The number of carbonyl (C=O) groups is 3. The molecule has 1 aromatic carbocycles. The van der Waals surface area contributed by atoms with Gasteiger partial charge in [0.15, 0.2) is 0 Å². The topological polar surface area (TPSA) is 120 Å². The van der Waals surface area contributed by atoms with Crippen LogP contribution in [0.4, 0.5) is 5.69 Å². The molecule has 148 valence electrons. The summed E-state index contributed by atoms with van der Waals surface area (Å²) < 4.78 is 0. The summed E-state index contributed by atoms with van der Waals surface area (Å²) >= 11 is 0. The van der Waals surface area contributed by atoms with E-state index in [1.807, 2.05) is 18.2 Å². The molecule has 3 amide bonds. The minimum absolute atomic E-state index is 0.208. The van der Waals surface area contributed by atoms with Crippen LogP contribution in [-0.2, 0) is 9.59 Å². The number of pyridine rings is 1. The number of carbonyl (C=O) groups excluding carboxylic acids is 3. The van der Waals surface area contributed by atoms with Gasteiger partial charge < -0.3 is 10.6 Å². The van der Waals surface area contributed by atoms with Gasteiger partial charge in [-0.15, -0.1) is 0 Å². The van der Waals surface area contributed by atoms with Gasteiger partial charge in [0.2, 0.25) is 11.8 Å². The van der Waals surface area contributed by atoms with Gasteiger partial charge in [-0.25, -0.2) is 5.48 Å². The van der Waals surface area contributed by atoms with Gasteiger partial charge in [0.1, 0.15) is 6.04 Å². The summed E-state index contributed by atoms with van der Waals surface area (Å²) in [6.45, 7) is 0. The lowest BCUT2D eigenvalue weighted by Gasteiger charge is -2.18. The van der Waals surface area contributed by atoms with Crippen molar-refractivity contribution in [1.82, 2.24) is 15.8 Å². The molecule has 0 fully saturated rings. The number of nitrogens with one attached hydrogen (secondary N) is 3. The number of hydrogen-bond donors (Lipinski definition) is 4. The van der Waals surface area contributed by atoms with Gasteiger partial charge in [0, 0.05) is 24.5 Å². The van der Waals surface area contributed by atoms with Crippen LogP contribution in [0.5, 0.6) is 0 Å². The van der Waals surface area contributed by atoms with Crippen LogP contribution < -0.4 is 16.1 Å². The number of aromatic nitrogens is 1. The Kier molecular flexibility index (Phi) is 8.61. The Labute approximate surface area is 163 Å². The van der Waals surface area contributed by atoms with E-state index in [9.17, 15) is 14.4 Å². The highest BCUT2D eigenvalue weighted by atomic mass is 16.5. The molecule has 0 saturated heterocycles. The molecule has 8 nitrogen and oxygen atoms in total. The highest BCUT2D eigenvalue weighted by Gasteiger charge is 2.21. The van der Waals surface area contributed by atoms with E-state index in [-0.39, 0.29) is 18.2 Å². The van der Waals surface area contributed by atoms with Crippen molar-refractivity contribution in [3.8, 4) is 0 Å². The van der Waals surface area contributed by atoms with Crippen LogP contribution >= 0.6 is 0 Å². The van der Waals surface area contributed by atoms with Crippen molar-refractivity contribution < 1.29 is 19.6 Å². The Balaban J connectivity index is 1.95. The molecular weight excluding hydrogens is 360 g/mol. The number of rotatable bonds is 10. The first-order valence-electron chi connectivity index (χ1n) is 9.10. The predicted octanol–water partition coefficient (Wildman–Crippen LogP) is 2.27. The summed E-state index contributed by atoms with van der Waals surface area (Å²) in [6, 6.07) is 11.6. The molecule has 8 heteroatoms. The first kappa shape index (κ1) is 21.0. The van der Waals surface area contributed by atoms with E-state index in [0.717, 1.165) is 0 Å². The summed E-state index contributed by atoms with van der Waals surface area (Å²) in [7, 11) is 0. The van der Waals surface area contributed by atoms with Gasteiger partial charge in [0.05, 0.1) is 5.56 Å². The van der Waals surface area contributed by atoms with Gasteiger partial charge in [0.25, 0.3) is 5.91 Å². The molecule has 28 heavy (non-hydrogen) atoms. The third-order valence-electron chi connectivity index (χ3n) is 4.11. The second-order valence-electron chi connectivity index (χ2n) is 6.26. The summed E-state index contributed by atoms with van der Waals surface area (Å²) in [5, 5.41) is 14.0. The van der Waals surface area contributed by atoms with Crippen molar-refractivity contribution in [1.29, 1.82) is 0 Å². The second kappa shape index (κ2) is 11.5. The smallest absolute Gasteiger partial charge is 0.253 e. The van der Waals surface area contributed by atoms with Gasteiger partial charge >= 0.3 is 0 Å². The SMILES string of the molecule is O=C(CCCCC[C@H](NC(=O)c1cccnc1)C(=O)Nc1ccccc1)NO. The normalized spacial score (nSPS) is 11.3. The van der Waals surface area contributed by atoms with E-state index in [1.165, 1.54) is 6.20 Å². The van der Waals surface area contributed by atoms with Crippen LogP contribution in [0.2, 0.25) is 0 Å². The van der Waals surface area contributed by atoms with Crippen LogP contribution in [0.25, 0.3) is 0 Å². The van der Waals surface area contributed by atoms with E-state index in [0.29, 0.717) is 36.9 Å². The maximum Gasteiger partial charge on any atom is 0.253 e. The third kappa shape index (κ3) is 7.16. The number of hydrogen-bond acceptors (Lipinski definition) is 5. The third-order valence-corrected chi connectivity index (χ3v) is 4.11. The van der Waals surface area contributed by atoms with Gasteiger partial charge in [-0.1, -0.05) is 31.0 Å². The Morgan fingerprint density at radius 2 is 1.79 bits per heavy atom. The number of benzene rings is 1. The van der Waals surface area contributed by atoms with E-state index in [4.69, 9.17) is 5.21 Å². The maximum absolute atomic E-state index is 12.7. The lowest BCUT2D eigenvalue weighted by atomic mass is 10.1. The number of hydroxylamine groups is 1. The van der Waals surface area contributed by atoms with Crippen LogP contribution in [0.15, 0.2) is 54.9 Å². The van der Waals surface area contributed by atoms with E-state index >= 15 is 0 Å². The van der Waals surface area contributed by atoms with E-state index in [2.05, 4.69) is 15.6 Å². The number of anilines is 1. The average Bonchev–Trinajstić information content (AvgIpc) is 2.73. The number of unbranched alkanes of at least 4 members (excludes halogenated alkanes) is 2. The van der Waals surface area contributed by atoms with Crippen LogP contribution in [0, 0.1) is 0 Å². The molecule has 0 aliphatic carbocycles. The number of nitrogens with zero attached hydrogens (tertiary/aromatic N) is 1. The standard InChI is InChI=1S/C20H24N4O4/c25-18(24-28)12-6-2-5-11-17(20(27)22-16-9-3-1-4-10-16)23-19(26)15-8-7-13-21-14-15/h1,3-4,7-10,13-14,17,28H,2,5-6,11-12H2,(H,22,27)(H,23,26)(H,24,25)/t17-/m0/s1. The van der Waals surface area contributed by atoms with Gasteiger partial charge in [-0.2, -0.15) is 0 Å². The lowest BCUT2D eigenvalue weighted by molar-refractivity contribution is -0.129. The van der Waals surface area contributed by atoms with Gasteiger partial charge in [-0.3, -0.25) is 24.6 Å². The van der Waals surface area contributed by atoms with Crippen LogP contribution in [0.3, 0.4) is 0 Å². The molecule has 0 saturated carbocycles. The quantitative estimate of drug-likeness (QED) is 0.284. The van der Waals surface area contributed by atoms with Crippen molar-refractivity contribution in [2.75, 3.05) is 5.32 Å². The van der Waals surface area contributed by atoms with Crippen molar-refractivity contribution in [2.24, 2.45) is 0 Å². The largest absolute Gasteiger partial charge is 0.340 e. The molecule has 2 rings (SSSR count). The fraction of sp³-hybridized carbons (Fsp3) is 0.300. The molecule has 1 atom stereocenters. The van der Waals surface area contributed by atoms with E-state index < -0.39 is 11.9 Å². The van der Waals surface area contributed by atoms with Crippen molar-refractivity contribution in [3.05, 3.63) is 60.4 Å². The monoisotopic (exact) mass is 384 g/mol. The Morgan fingerprint density at radius 3 is 2.46 bits per heavy atom. The molecule has 4 N–H and O–H groups in total. The Bertz CT molecular complexity index is 768. The summed E-state index contributed by atoms with van der Waals surface area (Å²) in [4.78, 5) is 40.0. The van der Waals surface area contributed by atoms with Crippen molar-refractivity contribution in [3.63, 3.8) is 0 Å². The average molecular weight is 384 g/mol. The minimum Gasteiger partial charge on any atom is -0.340 e. The molecule has 0 aliphatic heterocycles. The first-order valence-corrected chi connectivity index (χ1v) is 9.10. The molecule has 0 aliphatic rings. The highest BCUT2D eigenvalue weighted by Crippen LogP contribution is 2.11. The molecule has 0 spiro atoms. The van der Waals surface area contributed by atoms with Crippen molar-refractivity contribution in [2.45, 2.75) is 38.1 Å². The fourth-order valence-electron chi connectivity index (χ4n) is 2.63. The molecule has 0 bridgehead atoms. The van der Waals surface area contributed by atoms with Gasteiger partial charge in [-0.05, 0) is 37.1 Å². The zero-order valence-corrected chi connectivity index (χ0v) is 15.4. The summed E-state index contributed by atoms with van der Waals surface area (Å²) in [5.74, 6) is -1.12. The van der Waals surface area contributed by atoms with E-state index in [1.54, 1.807) is 35.9 Å². The number of amides is 3. The van der Waals surface area contributed by atoms with Crippen LogP contribution in [0.1, 0.15) is 42.5 Å². The molecule has 2 aromatic rings.